The van der Waals surface area contributed by atoms with Gasteiger partial charge in [-0.2, -0.15) is 0 Å². The van der Waals surface area contributed by atoms with Gasteiger partial charge in [-0.1, -0.05) is 0 Å². The van der Waals surface area contributed by atoms with Crippen molar-refractivity contribution in [1.82, 2.24) is 14.9 Å². The molecule has 2 heterocycles. The molecule has 0 spiro atoms. The Morgan fingerprint density at radius 1 is 1.22 bits per heavy atom. The van der Waals surface area contributed by atoms with Crippen molar-refractivity contribution in [3.63, 3.8) is 0 Å². The van der Waals surface area contributed by atoms with E-state index in [9.17, 15) is 18.4 Å². The van der Waals surface area contributed by atoms with Crippen LogP contribution in [0.25, 0.3) is 11.0 Å². The third-order valence-electron chi connectivity index (χ3n) is 4.61. The molecule has 0 radical (unpaired) electrons. The van der Waals surface area contributed by atoms with Gasteiger partial charge in [0.1, 0.15) is 17.5 Å². The van der Waals surface area contributed by atoms with E-state index < -0.39 is 11.7 Å². The van der Waals surface area contributed by atoms with Crippen LogP contribution in [0.3, 0.4) is 0 Å². The normalized spacial score (nSPS) is 16.1. The third kappa shape index (κ3) is 3.25. The molecule has 2 N–H and O–H groups in total. The molecule has 8 heteroatoms. The van der Waals surface area contributed by atoms with Crippen LogP contribution in [-0.2, 0) is 16.1 Å². The lowest BCUT2D eigenvalue weighted by atomic mass is 9.89. The largest absolute Gasteiger partial charge is 0.340 e. The number of nitrogens with zero attached hydrogens (tertiary/aromatic N) is 2. The summed E-state index contributed by atoms with van der Waals surface area (Å²) >= 11 is 0. The van der Waals surface area contributed by atoms with E-state index in [1.807, 2.05) is 0 Å². The quantitative estimate of drug-likeness (QED) is 0.744. The zero-order valence-corrected chi connectivity index (χ0v) is 14.4. The number of rotatable bonds is 3. The summed E-state index contributed by atoms with van der Waals surface area (Å²) in [5.41, 5.74) is 2.03. The van der Waals surface area contributed by atoms with Crippen molar-refractivity contribution >= 4 is 28.5 Å². The van der Waals surface area contributed by atoms with Gasteiger partial charge in [0.2, 0.25) is 11.8 Å². The molecule has 4 rings (SSSR count). The maximum Gasteiger partial charge on any atom is 0.230 e. The summed E-state index contributed by atoms with van der Waals surface area (Å²) in [5.74, 6) is -1.73. The second-order valence-electron chi connectivity index (χ2n) is 6.58. The van der Waals surface area contributed by atoms with E-state index in [4.69, 9.17) is 0 Å². The van der Waals surface area contributed by atoms with Crippen LogP contribution in [0.1, 0.15) is 23.7 Å². The van der Waals surface area contributed by atoms with Crippen LogP contribution >= 0.6 is 0 Å². The number of hydrogen-bond donors (Lipinski definition) is 2. The Bertz CT molecular complexity index is 1060. The molecule has 2 aromatic carbocycles. The van der Waals surface area contributed by atoms with Gasteiger partial charge in [0.05, 0.1) is 23.5 Å². The van der Waals surface area contributed by atoms with Gasteiger partial charge in [-0.3, -0.25) is 9.59 Å². The fourth-order valence-electron chi connectivity index (χ4n) is 3.33. The lowest BCUT2D eigenvalue weighted by molar-refractivity contribution is -0.134. The van der Waals surface area contributed by atoms with E-state index in [2.05, 4.69) is 15.3 Å². The highest BCUT2D eigenvalue weighted by Gasteiger charge is 2.33. The molecule has 1 unspecified atom stereocenters. The highest BCUT2D eigenvalue weighted by Crippen LogP contribution is 2.34. The molecule has 1 aliphatic heterocycles. The van der Waals surface area contributed by atoms with Crippen LogP contribution in [0.4, 0.5) is 14.5 Å². The Hall–Kier alpha value is -3.29. The molecule has 2 amide bonds. The molecule has 6 nitrogen and oxygen atoms in total. The standard InChI is InChI=1S/C19H16F2N4O2/c1-25(9-17-22-15-5-3-11(21)7-16(15)23-17)19(27)13-8-18(26)24-14-4-2-10(20)6-12(13)14/h2-7,13H,8-9H2,1H3,(H,22,23)(H,24,26). The molecule has 0 saturated carbocycles. The average molecular weight is 370 g/mol. The van der Waals surface area contributed by atoms with E-state index in [0.717, 1.165) is 0 Å². The van der Waals surface area contributed by atoms with Gasteiger partial charge in [0, 0.05) is 19.2 Å². The highest BCUT2D eigenvalue weighted by atomic mass is 19.1. The minimum absolute atomic E-state index is 0.0506. The van der Waals surface area contributed by atoms with E-state index in [1.54, 1.807) is 13.1 Å². The number of likely N-dealkylation sites (N-methyl/N-ethyl adjacent to an activating group) is 1. The number of amides is 2. The first-order chi connectivity index (χ1) is 12.9. The lowest BCUT2D eigenvalue weighted by Gasteiger charge is -2.28. The molecule has 1 aromatic heterocycles. The summed E-state index contributed by atoms with van der Waals surface area (Å²) in [4.78, 5) is 33.6. The van der Waals surface area contributed by atoms with Crippen LogP contribution < -0.4 is 5.32 Å². The van der Waals surface area contributed by atoms with Gasteiger partial charge in [-0.05, 0) is 42.0 Å². The first-order valence-electron chi connectivity index (χ1n) is 8.39. The van der Waals surface area contributed by atoms with Gasteiger partial charge in [-0.15, -0.1) is 0 Å². The number of fused-ring (bicyclic) bond motifs is 2. The number of anilines is 1. The Balaban J connectivity index is 1.58. The average Bonchev–Trinajstić information content (AvgIpc) is 3.02. The Kier molecular flexibility index (Phi) is 4.10. The predicted molar refractivity (Wildman–Crippen MR) is 94.9 cm³/mol. The highest BCUT2D eigenvalue weighted by molar-refractivity contribution is 6.01. The Morgan fingerprint density at radius 2 is 1.96 bits per heavy atom. The maximum atomic E-state index is 13.6. The van der Waals surface area contributed by atoms with Crippen molar-refractivity contribution in [3.05, 3.63) is 59.4 Å². The number of hydrogen-bond acceptors (Lipinski definition) is 3. The number of imidazole rings is 1. The number of carbonyl (C=O) groups is 2. The minimum atomic E-state index is -0.767. The fourth-order valence-corrected chi connectivity index (χ4v) is 3.33. The zero-order chi connectivity index (χ0) is 19.1. The summed E-state index contributed by atoms with van der Waals surface area (Å²) in [6.45, 7) is 0.151. The Labute approximate surface area is 153 Å². The number of carbonyl (C=O) groups excluding carboxylic acids is 2. The molecule has 1 aliphatic rings. The Morgan fingerprint density at radius 3 is 2.78 bits per heavy atom. The smallest absolute Gasteiger partial charge is 0.230 e. The maximum absolute atomic E-state index is 13.6. The SMILES string of the molecule is CN(Cc1nc2ccc(F)cc2[nH]1)C(=O)C1CC(=O)Nc2ccc(F)cc21. The van der Waals surface area contributed by atoms with E-state index in [1.165, 1.54) is 35.2 Å². The van der Waals surface area contributed by atoms with Crippen molar-refractivity contribution in [2.75, 3.05) is 12.4 Å². The molecule has 3 aromatic rings. The number of aromatic nitrogens is 2. The summed E-state index contributed by atoms with van der Waals surface area (Å²) in [6, 6.07) is 8.16. The van der Waals surface area contributed by atoms with Crippen molar-refractivity contribution in [1.29, 1.82) is 0 Å². The first-order valence-corrected chi connectivity index (χ1v) is 8.39. The van der Waals surface area contributed by atoms with Crippen molar-refractivity contribution in [2.45, 2.75) is 18.9 Å². The van der Waals surface area contributed by atoms with E-state index >= 15 is 0 Å². The van der Waals surface area contributed by atoms with Crippen LogP contribution in [0, 0.1) is 11.6 Å². The summed E-state index contributed by atoms with van der Waals surface area (Å²) in [7, 11) is 1.58. The number of nitrogens with one attached hydrogen (secondary N) is 2. The molecule has 0 bridgehead atoms. The van der Waals surface area contributed by atoms with Crippen molar-refractivity contribution in [3.8, 4) is 0 Å². The summed E-state index contributed by atoms with van der Waals surface area (Å²) < 4.78 is 27.0. The van der Waals surface area contributed by atoms with Gasteiger partial charge < -0.3 is 15.2 Å². The molecule has 138 valence electrons. The van der Waals surface area contributed by atoms with Gasteiger partial charge >= 0.3 is 0 Å². The topological polar surface area (TPSA) is 78.1 Å². The fraction of sp³-hybridized carbons (Fsp3) is 0.211. The lowest BCUT2D eigenvalue weighted by Crippen LogP contribution is -2.36. The van der Waals surface area contributed by atoms with Crippen LogP contribution in [0.2, 0.25) is 0 Å². The number of aromatic amines is 1. The van der Waals surface area contributed by atoms with Gasteiger partial charge in [0.25, 0.3) is 0 Å². The number of benzene rings is 2. The minimum Gasteiger partial charge on any atom is -0.340 e. The monoisotopic (exact) mass is 370 g/mol. The predicted octanol–water partition coefficient (Wildman–Crippen LogP) is 2.93. The number of halogens is 2. The van der Waals surface area contributed by atoms with Gasteiger partial charge in [-0.25, -0.2) is 13.8 Å². The number of H-pyrrole nitrogens is 1. The van der Waals surface area contributed by atoms with E-state index in [0.29, 0.717) is 28.1 Å². The summed E-state index contributed by atoms with van der Waals surface area (Å²) in [5, 5.41) is 2.65. The molecule has 0 aliphatic carbocycles. The first kappa shape index (κ1) is 17.1. The van der Waals surface area contributed by atoms with Crippen LogP contribution in [0.5, 0.6) is 0 Å². The molecular weight excluding hydrogens is 354 g/mol. The van der Waals surface area contributed by atoms with Crippen LogP contribution in [-0.4, -0.2) is 33.7 Å². The van der Waals surface area contributed by atoms with Crippen molar-refractivity contribution in [2.24, 2.45) is 0 Å². The van der Waals surface area contributed by atoms with Gasteiger partial charge in [0.15, 0.2) is 0 Å². The molecule has 0 fully saturated rings. The zero-order valence-electron chi connectivity index (χ0n) is 14.4. The second-order valence-corrected chi connectivity index (χ2v) is 6.58. The molecule has 1 atom stereocenters. The third-order valence-corrected chi connectivity index (χ3v) is 4.61. The summed E-state index contributed by atoms with van der Waals surface area (Å²) in [6.07, 6.45) is -0.0506. The molecule has 0 saturated heterocycles. The molecule has 27 heavy (non-hydrogen) atoms. The second kappa shape index (κ2) is 6.46. The van der Waals surface area contributed by atoms with Crippen LogP contribution in [0.15, 0.2) is 36.4 Å². The van der Waals surface area contributed by atoms with E-state index in [-0.39, 0.29) is 30.6 Å². The molecular formula is C19H16F2N4O2. The van der Waals surface area contributed by atoms with Crippen molar-refractivity contribution < 1.29 is 18.4 Å².